The molecule has 128 valence electrons. The van der Waals surface area contributed by atoms with Gasteiger partial charge in [0.2, 0.25) is 5.91 Å². The maximum atomic E-state index is 12.8. The van der Waals surface area contributed by atoms with E-state index in [9.17, 15) is 4.79 Å². The molecule has 2 N–H and O–H groups in total. The molecule has 0 spiro atoms. The first kappa shape index (κ1) is 18.2. The highest BCUT2D eigenvalue weighted by atomic mass is 35.5. The molecular formula is C18H28ClN3O. The van der Waals surface area contributed by atoms with Crippen LogP contribution in [0.2, 0.25) is 0 Å². The van der Waals surface area contributed by atoms with E-state index >= 15 is 0 Å². The smallest absolute Gasteiger partial charge is 0.241 e. The number of anilines is 1. The van der Waals surface area contributed by atoms with Crippen LogP contribution < -0.4 is 10.6 Å². The summed E-state index contributed by atoms with van der Waals surface area (Å²) < 4.78 is 0. The van der Waals surface area contributed by atoms with Gasteiger partial charge in [0.1, 0.15) is 0 Å². The molecule has 0 bridgehead atoms. The summed E-state index contributed by atoms with van der Waals surface area (Å²) in [5, 5.41) is 0. The molecule has 1 aromatic carbocycles. The van der Waals surface area contributed by atoms with Crippen LogP contribution in [0.15, 0.2) is 24.3 Å². The molecule has 2 heterocycles. The molecule has 4 nitrogen and oxygen atoms in total. The third-order valence-electron chi connectivity index (χ3n) is 5.01. The summed E-state index contributed by atoms with van der Waals surface area (Å²) in [6.45, 7) is 5.50. The summed E-state index contributed by atoms with van der Waals surface area (Å²) in [6.07, 6.45) is 4.49. The predicted octanol–water partition coefficient (Wildman–Crippen LogP) is 2.45. The van der Waals surface area contributed by atoms with Gasteiger partial charge in [-0.15, -0.1) is 12.4 Å². The number of carbonyl (C=O) groups is 1. The minimum absolute atomic E-state index is 0. The Hall–Kier alpha value is -1.10. The van der Waals surface area contributed by atoms with Gasteiger partial charge >= 0.3 is 0 Å². The molecule has 2 aliphatic rings. The summed E-state index contributed by atoms with van der Waals surface area (Å²) in [4.78, 5) is 17.1. The maximum absolute atomic E-state index is 12.8. The van der Waals surface area contributed by atoms with Gasteiger partial charge in [0.15, 0.2) is 0 Å². The van der Waals surface area contributed by atoms with Crippen molar-refractivity contribution in [2.45, 2.75) is 38.6 Å². The molecule has 1 aromatic rings. The fourth-order valence-corrected chi connectivity index (χ4v) is 3.98. The van der Waals surface area contributed by atoms with E-state index in [1.807, 2.05) is 11.0 Å². The van der Waals surface area contributed by atoms with E-state index in [1.165, 1.54) is 18.4 Å². The molecule has 1 fully saturated rings. The molecule has 2 aliphatic heterocycles. The van der Waals surface area contributed by atoms with Gasteiger partial charge in [0, 0.05) is 18.3 Å². The van der Waals surface area contributed by atoms with Crippen molar-refractivity contribution in [3.63, 3.8) is 0 Å². The number of piperidine rings is 1. The van der Waals surface area contributed by atoms with Crippen LogP contribution in [0.4, 0.5) is 5.69 Å². The summed E-state index contributed by atoms with van der Waals surface area (Å²) in [7, 11) is 0. The first-order valence-electron chi connectivity index (χ1n) is 8.51. The predicted molar refractivity (Wildman–Crippen MR) is 97.2 cm³/mol. The lowest BCUT2D eigenvalue weighted by atomic mass is 9.95. The van der Waals surface area contributed by atoms with Crippen molar-refractivity contribution in [3.8, 4) is 0 Å². The highest BCUT2D eigenvalue weighted by molar-refractivity contribution is 5.97. The number of fused-ring (bicyclic) bond motifs is 1. The van der Waals surface area contributed by atoms with Crippen molar-refractivity contribution in [1.29, 1.82) is 0 Å². The van der Waals surface area contributed by atoms with Gasteiger partial charge in [-0.25, -0.2) is 0 Å². The van der Waals surface area contributed by atoms with E-state index in [0.29, 0.717) is 12.5 Å². The number of nitrogens with zero attached hydrogens (tertiary/aromatic N) is 2. The second kappa shape index (κ2) is 8.13. The van der Waals surface area contributed by atoms with E-state index in [2.05, 4.69) is 30.0 Å². The molecule has 0 radical (unpaired) electrons. The third kappa shape index (κ3) is 4.06. The second-order valence-corrected chi connectivity index (χ2v) is 6.77. The Balaban J connectivity index is 0.00000192. The molecule has 0 saturated carbocycles. The van der Waals surface area contributed by atoms with E-state index in [-0.39, 0.29) is 24.4 Å². The average Bonchev–Trinajstić information content (AvgIpc) is 2.83. The van der Waals surface area contributed by atoms with Crippen LogP contribution in [-0.4, -0.2) is 43.0 Å². The highest BCUT2D eigenvalue weighted by Crippen LogP contribution is 2.32. The molecule has 2 atom stereocenters. The van der Waals surface area contributed by atoms with Gasteiger partial charge in [0.25, 0.3) is 0 Å². The Morgan fingerprint density at radius 2 is 2.13 bits per heavy atom. The van der Waals surface area contributed by atoms with Crippen molar-refractivity contribution < 1.29 is 4.79 Å². The molecule has 2 unspecified atom stereocenters. The van der Waals surface area contributed by atoms with Crippen LogP contribution in [0, 0.1) is 5.92 Å². The fraction of sp³-hybridized carbons (Fsp3) is 0.611. The van der Waals surface area contributed by atoms with E-state index in [1.54, 1.807) is 0 Å². The molecule has 23 heavy (non-hydrogen) atoms. The van der Waals surface area contributed by atoms with Gasteiger partial charge in [0.05, 0.1) is 6.54 Å². The molecular weight excluding hydrogens is 310 g/mol. The fourth-order valence-electron chi connectivity index (χ4n) is 3.98. The van der Waals surface area contributed by atoms with Crippen LogP contribution in [0.25, 0.3) is 0 Å². The average molecular weight is 338 g/mol. The maximum Gasteiger partial charge on any atom is 0.241 e. The lowest BCUT2D eigenvalue weighted by molar-refractivity contribution is -0.120. The summed E-state index contributed by atoms with van der Waals surface area (Å²) in [5.41, 5.74) is 8.08. The number of benzene rings is 1. The Bertz CT molecular complexity index is 535. The molecule has 0 aromatic heterocycles. The summed E-state index contributed by atoms with van der Waals surface area (Å²) >= 11 is 0. The standard InChI is InChI=1S/C18H27N3O.ClH/c1-14-11-16-6-2-3-7-17(16)21(14)18(22)13-20-10-4-5-15(12-20)8-9-19;/h2-3,6-7,14-15H,4-5,8-13,19H2,1H3;1H. The second-order valence-electron chi connectivity index (χ2n) is 6.77. The first-order valence-corrected chi connectivity index (χ1v) is 8.51. The molecule has 3 rings (SSSR count). The Labute approximate surface area is 145 Å². The molecule has 1 amide bonds. The highest BCUT2D eigenvalue weighted by Gasteiger charge is 2.32. The SMILES string of the molecule is CC1Cc2ccccc2N1C(=O)CN1CCCC(CCN)C1.Cl. The number of nitrogens with two attached hydrogens (primary N) is 1. The zero-order valence-corrected chi connectivity index (χ0v) is 14.7. The Morgan fingerprint density at radius 3 is 2.91 bits per heavy atom. The van der Waals surface area contributed by atoms with Crippen molar-refractivity contribution in [2.75, 3.05) is 31.1 Å². The number of likely N-dealkylation sites (tertiary alicyclic amines) is 1. The first-order chi connectivity index (χ1) is 10.7. The summed E-state index contributed by atoms with van der Waals surface area (Å²) in [6, 6.07) is 8.56. The lowest BCUT2D eigenvalue weighted by Crippen LogP contribution is -2.46. The van der Waals surface area contributed by atoms with Gasteiger partial charge in [-0.2, -0.15) is 0 Å². The number of hydrogen-bond acceptors (Lipinski definition) is 3. The molecule has 5 heteroatoms. The van der Waals surface area contributed by atoms with Gasteiger partial charge in [-0.1, -0.05) is 18.2 Å². The van der Waals surface area contributed by atoms with Crippen LogP contribution in [-0.2, 0) is 11.2 Å². The van der Waals surface area contributed by atoms with Crippen molar-refractivity contribution in [1.82, 2.24) is 4.90 Å². The van der Waals surface area contributed by atoms with Crippen LogP contribution in [0.5, 0.6) is 0 Å². The van der Waals surface area contributed by atoms with Gasteiger partial charge in [-0.3, -0.25) is 9.69 Å². The van der Waals surface area contributed by atoms with E-state index in [4.69, 9.17) is 5.73 Å². The minimum atomic E-state index is 0. The van der Waals surface area contributed by atoms with Crippen molar-refractivity contribution in [2.24, 2.45) is 11.7 Å². The number of halogens is 1. The van der Waals surface area contributed by atoms with Crippen LogP contribution >= 0.6 is 12.4 Å². The number of para-hydroxylation sites is 1. The van der Waals surface area contributed by atoms with Gasteiger partial charge < -0.3 is 10.6 Å². The Kier molecular flexibility index (Phi) is 6.45. The molecule has 0 aliphatic carbocycles. The zero-order valence-electron chi connectivity index (χ0n) is 13.9. The number of hydrogen-bond donors (Lipinski definition) is 1. The number of rotatable bonds is 4. The Morgan fingerprint density at radius 1 is 1.35 bits per heavy atom. The summed E-state index contributed by atoms with van der Waals surface area (Å²) in [5.74, 6) is 0.903. The molecule has 1 saturated heterocycles. The quantitative estimate of drug-likeness (QED) is 0.918. The third-order valence-corrected chi connectivity index (χ3v) is 5.01. The topological polar surface area (TPSA) is 49.6 Å². The van der Waals surface area contributed by atoms with Crippen molar-refractivity contribution in [3.05, 3.63) is 29.8 Å². The normalized spacial score (nSPS) is 24.2. The van der Waals surface area contributed by atoms with Crippen LogP contribution in [0.3, 0.4) is 0 Å². The lowest BCUT2D eigenvalue weighted by Gasteiger charge is -2.34. The monoisotopic (exact) mass is 337 g/mol. The number of carbonyl (C=O) groups excluding carboxylic acids is 1. The van der Waals surface area contributed by atoms with E-state index in [0.717, 1.165) is 38.2 Å². The largest absolute Gasteiger partial charge is 0.330 e. The van der Waals surface area contributed by atoms with Gasteiger partial charge in [-0.05, 0) is 63.2 Å². The zero-order chi connectivity index (χ0) is 15.5. The minimum Gasteiger partial charge on any atom is -0.330 e. The van der Waals surface area contributed by atoms with Crippen LogP contribution in [0.1, 0.15) is 31.7 Å². The van der Waals surface area contributed by atoms with Crippen molar-refractivity contribution >= 4 is 24.0 Å². The number of amides is 1. The van der Waals surface area contributed by atoms with E-state index < -0.39 is 0 Å².